The van der Waals surface area contributed by atoms with Crippen molar-refractivity contribution in [2.45, 2.75) is 13.0 Å². The molecule has 1 aliphatic rings. The summed E-state index contributed by atoms with van der Waals surface area (Å²) in [6, 6.07) is 25.0. The van der Waals surface area contributed by atoms with Crippen LogP contribution >= 0.6 is 11.6 Å². The van der Waals surface area contributed by atoms with Gasteiger partial charge in [0.2, 0.25) is 5.91 Å². The zero-order valence-electron chi connectivity index (χ0n) is 17.9. The third-order valence-corrected chi connectivity index (χ3v) is 5.72. The molecule has 0 radical (unpaired) electrons. The van der Waals surface area contributed by atoms with Crippen LogP contribution in [0.5, 0.6) is 0 Å². The number of carbonyl (C=O) groups excluding carboxylic acids is 1. The number of nitrogens with one attached hydrogen (secondary N) is 1. The molecule has 1 aliphatic heterocycles. The number of aryl methyl sites for hydroxylation is 1. The van der Waals surface area contributed by atoms with Gasteiger partial charge in [0.05, 0.1) is 5.70 Å². The maximum atomic E-state index is 13.0. The largest absolute Gasteiger partial charge is 0.325 e. The average Bonchev–Trinajstić information content (AvgIpc) is 3.31. The SMILES string of the molecule is Cc1cccc(NC(=O)CN2C(c3ccccc3)=C[C@@H](c3ccc(Cl)cc3)n3nnnc32)c1. The molecule has 4 aromatic rings. The molecule has 0 unspecified atom stereocenters. The molecule has 1 atom stereocenters. The highest BCUT2D eigenvalue weighted by Gasteiger charge is 2.31. The molecular weight excluding hydrogens is 436 g/mol. The fraction of sp³-hybridized carbons (Fsp3) is 0.120. The van der Waals surface area contributed by atoms with Gasteiger partial charge in [0.1, 0.15) is 12.6 Å². The molecule has 5 rings (SSSR count). The van der Waals surface area contributed by atoms with Gasteiger partial charge in [-0.25, -0.2) is 0 Å². The van der Waals surface area contributed by atoms with Gasteiger partial charge in [0.15, 0.2) is 0 Å². The first-order valence-electron chi connectivity index (χ1n) is 10.5. The molecule has 0 saturated heterocycles. The molecule has 1 N–H and O–H groups in total. The Morgan fingerprint density at radius 1 is 1.03 bits per heavy atom. The van der Waals surface area contributed by atoms with E-state index in [1.54, 1.807) is 4.68 Å². The molecular formula is C25H21ClN6O. The van der Waals surface area contributed by atoms with Gasteiger partial charge in [0, 0.05) is 10.7 Å². The number of fused-ring (bicyclic) bond motifs is 1. The number of anilines is 2. The van der Waals surface area contributed by atoms with Crippen LogP contribution in [0.3, 0.4) is 0 Å². The fourth-order valence-electron chi connectivity index (χ4n) is 3.95. The van der Waals surface area contributed by atoms with E-state index in [2.05, 4.69) is 26.9 Å². The molecule has 3 aromatic carbocycles. The molecule has 7 nitrogen and oxygen atoms in total. The van der Waals surface area contributed by atoms with Crippen LogP contribution in [0.15, 0.2) is 84.9 Å². The Morgan fingerprint density at radius 3 is 2.58 bits per heavy atom. The maximum Gasteiger partial charge on any atom is 0.251 e. The van der Waals surface area contributed by atoms with Crippen LogP contribution in [0.25, 0.3) is 5.70 Å². The molecule has 0 bridgehead atoms. The van der Waals surface area contributed by atoms with Crippen LogP contribution in [0.2, 0.25) is 5.02 Å². The highest BCUT2D eigenvalue weighted by atomic mass is 35.5. The number of benzene rings is 3. The summed E-state index contributed by atoms with van der Waals surface area (Å²) in [5, 5.41) is 16.0. The minimum atomic E-state index is -0.237. The molecule has 1 amide bonds. The van der Waals surface area contributed by atoms with Gasteiger partial charge in [-0.05, 0) is 64.4 Å². The summed E-state index contributed by atoms with van der Waals surface area (Å²) in [4.78, 5) is 14.9. The summed E-state index contributed by atoms with van der Waals surface area (Å²) < 4.78 is 1.72. The van der Waals surface area contributed by atoms with Crippen molar-refractivity contribution in [2.75, 3.05) is 16.8 Å². The van der Waals surface area contributed by atoms with E-state index in [9.17, 15) is 4.79 Å². The molecule has 0 saturated carbocycles. The molecule has 0 spiro atoms. The van der Waals surface area contributed by atoms with E-state index in [1.165, 1.54) is 0 Å². The predicted molar refractivity (Wildman–Crippen MR) is 129 cm³/mol. The van der Waals surface area contributed by atoms with Gasteiger partial charge >= 0.3 is 0 Å². The van der Waals surface area contributed by atoms with Gasteiger partial charge in [-0.1, -0.05) is 71.3 Å². The van der Waals surface area contributed by atoms with Crippen molar-refractivity contribution in [3.05, 3.63) is 107 Å². The van der Waals surface area contributed by atoms with Crippen LogP contribution in [-0.2, 0) is 4.79 Å². The quantitative estimate of drug-likeness (QED) is 0.470. The van der Waals surface area contributed by atoms with Crippen LogP contribution in [0.1, 0.15) is 22.7 Å². The van der Waals surface area contributed by atoms with E-state index in [4.69, 9.17) is 11.6 Å². The number of rotatable bonds is 5. The van der Waals surface area contributed by atoms with Crippen molar-refractivity contribution in [1.82, 2.24) is 20.2 Å². The summed E-state index contributed by atoms with van der Waals surface area (Å²) in [6.07, 6.45) is 2.07. The van der Waals surface area contributed by atoms with Crippen LogP contribution in [0.4, 0.5) is 11.6 Å². The summed E-state index contributed by atoms with van der Waals surface area (Å²) in [7, 11) is 0. The lowest BCUT2D eigenvalue weighted by molar-refractivity contribution is -0.114. The number of allylic oxidation sites excluding steroid dienone is 1. The Labute approximate surface area is 196 Å². The summed E-state index contributed by atoms with van der Waals surface area (Å²) >= 11 is 6.10. The van der Waals surface area contributed by atoms with Gasteiger partial charge in [-0.15, -0.1) is 0 Å². The fourth-order valence-corrected chi connectivity index (χ4v) is 4.07. The molecule has 164 valence electrons. The molecule has 1 aromatic heterocycles. The Hall–Kier alpha value is -3.97. The van der Waals surface area contributed by atoms with E-state index in [0.29, 0.717) is 11.0 Å². The van der Waals surface area contributed by atoms with Crippen molar-refractivity contribution in [3.8, 4) is 0 Å². The van der Waals surface area contributed by atoms with E-state index in [0.717, 1.165) is 28.1 Å². The monoisotopic (exact) mass is 456 g/mol. The molecule has 2 heterocycles. The molecule has 33 heavy (non-hydrogen) atoms. The average molecular weight is 457 g/mol. The zero-order valence-corrected chi connectivity index (χ0v) is 18.6. The maximum absolute atomic E-state index is 13.0. The van der Waals surface area contributed by atoms with Crippen molar-refractivity contribution in [1.29, 1.82) is 0 Å². The Balaban J connectivity index is 1.53. The first kappa shape index (κ1) is 20.9. The second-order valence-electron chi connectivity index (χ2n) is 7.84. The molecule has 0 fully saturated rings. The first-order chi connectivity index (χ1) is 16.1. The van der Waals surface area contributed by atoms with Crippen LogP contribution in [-0.4, -0.2) is 32.7 Å². The van der Waals surface area contributed by atoms with Gasteiger partial charge in [-0.3, -0.25) is 9.69 Å². The Bertz CT molecular complexity index is 1320. The second-order valence-corrected chi connectivity index (χ2v) is 8.28. The van der Waals surface area contributed by atoms with Crippen LogP contribution < -0.4 is 10.2 Å². The molecule has 0 aliphatic carbocycles. The number of hydrogen-bond acceptors (Lipinski definition) is 5. The summed E-state index contributed by atoms with van der Waals surface area (Å²) in [5.74, 6) is 0.331. The highest BCUT2D eigenvalue weighted by Crippen LogP contribution is 2.36. The number of amides is 1. The standard InChI is InChI=1S/C25H21ClN6O/c1-17-6-5-9-21(14-17)27-24(33)16-31-22(18-7-3-2-4-8-18)15-23(32-25(31)28-29-30-32)19-10-12-20(26)13-11-19/h2-15,23H,16H2,1H3,(H,27,33)/t23-/m0/s1. The lowest BCUT2D eigenvalue weighted by Crippen LogP contribution is -2.37. The van der Waals surface area contributed by atoms with Crippen molar-refractivity contribution < 1.29 is 4.79 Å². The minimum Gasteiger partial charge on any atom is -0.325 e. The number of hydrogen-bond donors (Lipinski definition) is 1. The topological polar surface area (TPSA) is 75.9 Å². The summed E-state index contributed by atoms with van der Waals surface area (Å²) in [6.45, 7) is 2.05. The molecule has 8 heteroatoms. The van der Waals surface area contributed by atoms with Gasteiger partial charge in [-0.2, -0.15) is 4.68 Å². The van der Waals surface area contributed by atoms with E-state index in [1.807, 2.05) is 90.7 Å². The van der Waals surface area contributed by atoms with Crippen molar-refractivity contribution >= 4 is 34.8 Å². The van der Waals surface area contributed by atoms with Crippen LogP contribution in [0, 0.1) is 6.92 Å². The Kier molecular flexibility index (Phi) is 5.62. The predicted octanol–water partition coefficient (Wildman–Crippen LogP) is 4.72. The smallest absolute Gasteiger partial charge is 0.251 e. The number of halogens is 1. The third-order valence-electron chi connectivity index (χ3n) is 5.47. The second kappa shape index (κ2) is 8.88. The van der Waals surface area contributed by atoms with Gasteiger partial charge < -0.3 is 5.32 Å². The van der Waals surface area contributed by atoms with E-state index < -0.39 is 0 Å². The zero-order chi connectivity index (χ0) is 22.8. The third kappa shape index (κ3) is 4.36. The number of tetrazole rings is 1. The summed E-state index contributed by atoms with van der Waals surface area (Å²) in [5.41, 5.74) is 4.64. The Morgan fingerprint density at radius 2 is 1.82 bits per heavy atom. The lowest BCUT2D eigenvalue weighted by Gasteiger charge is -2.32. The number of nitrogens with zero attached hydrogens (tertiary/aromatic N) is 5. The van der Waals surface area contributed by atoms with E-state index in [-0.39, 0.29) is 18.5 Å². The first-order valence-corrected chi connectivity index (χ1v) is 10.9. The van der Waals surface area contributed by atoms with Gasteiger partial charge in [0.25, 0.3) is 5.95 Å². The van der Waals surface area contributed by atoms with E-state index >= 15 is 0 Å². The highest BCUT2D eigenvalue weighted by molar-refractivity contribution is 6.30. The number of carbonyl (C=O) groups is 1. The van der Waals surface area contributed by atoms with Crippen molar-refractivity contribution in [3.63, 3.8) is 0 Å². The van der Waals surface area contributed by atoms with Crippen molar-refractivity contribution in [2.24, 2.45) is 0 Å². The lowest BCUT2D eigenvalue weighted by atomic mass is 10.0. The number of aromatic nitrogens is 4. The minimum absolute atomic E-state index is 0.0579. The normalized spacial score (nSPS) is 15.0.